The van der Waals surface area contributed by atoms with Gasteiger partial charge in [0.2, 0.25) is 5.95 Å². The molecule has 0 spiro atoms. The molecule has 20 nitrogen and oxygen atoms in total. The van der Waals surface area contributed by atoms with E-state index in [4.69, 9.17) is 36.3 Å². The van der Waals surface area contributed by atoms with Crippen LogP contribution in [0.15, 0.2) is 44.7 Å². The minimum Gasteiger partial charge on any atom is -0.396 e. The minimum absolute atomic E-state index is 0. The molecule has 6 heterocycles. The molecule has 5 fully saturated rings. The van der Waals surface area contributed by atoms with E-state index in [1.165, 1.54) is 4.57 Å². The summed E-state index contributed by atoms with van der Waals surface area (Å²) in [5.41, 5.74) is 5.52. The van der Waals surface area contributed by atoms with Crippen LogP contribution in [0.25, 0.3) is 20.7 Å². The Kier molecular flexibility index (Phi) is 14.5. The van der Waals surface area contributed by atoms with Gasteiger partial charge in [-0.3, -0.25) is 28.5 Å². The summed E-state index contributed by atoms with van der Waals surface area (Å²) >= 11 is 8.07. The first-order valence-electron chi connectivity index (χ1n) is 20.0. The highest BCUT2D eigenvalue weighted by atomic mass is 35.5. The third kappa shape index (κ3) is 9.54. The number of rotatable bonds is 7. The number of nitrogens with one attached hydrogen (secondary N) is 1. The molecule has 4 aromatic heterocycles. The van der Waals surface area contributed by atoms with E-state index < -0.39 is 52.3 Å². The lowest BCUT2D eigenvalue weighted by molar-refractivity contribution is -0.164. The molecule has 2 saturated heterocycles. The van der Waals surface area contributed by atoms with Crippen molar-refractivity contribution in [2.45, 2.75) is 113 Å². The number of aromatic amines is 1. The van der Waals surface area contributed by atoms with Crippen molar-refractivity contribution in [3.05, 3.63) is 60.2 Å². The van der Waals surface area contributed by atoms with Crippen LogP contribution in [-0.4, -0.2) is 136 Å². The van der Waals surface area contributed by atoms with E-state index >= 15 is 0 Å². The first kappa shape index (κ1) is 48.8. The number of aliphatic imine (C=N–C) groups is 1. The number of thiazole rings is 2. The van der Waals surface area contributed by atoms with Crippen molar-refractivity contribution in [3.8, 4) is 0 Å². The molecule has 3 saturated carbocycles. The standard InChI is InChI=1S/C18H22ClN5O3S.C11H14N4O5S.C10H16O3.ClH/c1-6-9-7-10(12-11(9)26-18(2,3)27-12)24-15-13(28-17(24)25)14(19)21-16(22-15)20-8-23(4)5;12-10-13-8-7(9(19)14-10)21-11(20)15(8)4-1-3(2-16)5(17)6(4)18;1-4-6-5-7(11)9-8(6)12-10(2,3)13-9;/h6,8-12H,1,7H2,2-5H3;3-6,16-18H,1-2H2,(H3,12,13,14,19);4,6-9,11H,1,5H2,2-3H3;1H/t9-,10+,11+,12-;3-,4-,5-,6+;6-,7-,8+,9-;/m010./s1. The molecule has 0 bridgehead atoms. The highest BCUT2D eigenvalue weighted by molar-refractivity contribution is 7.17. The molecule has 0 unspecified atom stereocenters. The average molecular weight is 959 g/mol. The van der Waals surface area contributed by atoms with Gasteiger partial charge in [0.25, 0.3) is 11.5 Å². The first-order valence-corrected chi connectivity index (χ1v) is 22.0. The molecule has 2 aliphatic heterocycles. The van der Waals surface area contributed by atoms with Gasteiger partial charge in [-0.25, -0.2) is 4.99 Å². The third-order valence-corrected chi connectivity index (χ3v) is 13.8. The van der Waals surface area contributed by atoms with Crippen LogP contribution in [0.3, 0.4) is 0 Å². The predicted molar refractivity (Wildman–Crippen MR) is 240 cm³/mol. The number of anilines is 1. The van der Waals surface area contributed by atoms with Gasteiger partial charge in [-0.1, -0.05) is 46.4 Å². The summed E-state index contributed by atoms with van der Waals surface area (Å²) in [5, 5.41) is 39.0. The first-order chi connectivity index (χ1) is 29.2. The van der Waals surface area contributed by atoms with Crippen molar-refractivity contribution >= 4 is 85.6 Å². The van der Waals surface area contributed by atoms with Gasteiger partial charge in [0, 0.05) is 38.5 Å². The van der Waals surface area contributed by atoms with Gasteiger partial charge >= 0.3 is 9.75 Å². The second-order valence-corrected chi connectivity index (χ2v) is 19.3. The fourth-order valence-electron chi connectivity index (χ4n) is 8.87. The molecule has 0 radical (unpaired) electrons. The fourth-order valence-corrected chi connectivity index (χ4v) is 10.9. The molecule has 5 aliphatic rings. The molecular weight excluding hydrogens is 906 g/mol. The van der Waals surface area contributed by atoms with E-state index in [1.807, 2.05) is 53.9 Å². The summed E-state index contributed by atoms with van der Waals surface area (Å²) in [6.07, 6.45) is 3.53. The van der Waals surface area contributed by atoms with Crippen LogP contribution in [-0.2, 0) is 18.9 Å². The van der Waals surface area contributed by atoms with Crippen LogP contribution in [0.1, 0.15) is 59.0 Å². The Morgan fingerprint density at radius 2 is 1.38 bits per heavy atom. The summed E-state index contributed by atoms with van der Waals surface area (Å²) in [6, 6.07) is -0.986. The van der Waals surface area contributed by atoms with Crippen molar-refractivity contribution in [1.29, 1.82) is 0 Å². The van der Waals surface area contributed by atoms with E-state index in [1.54, 1.807) is 15.8 Å². The van der Waals surface area contributed by atoms with E-state index in [2.05, 4.69) is 38.1 Å². The van der Waals surface area contributed by atoms with E-state index in [0.717, 1.165) is 11.3 Å². The lowest BCUT2D eigenvalue weighted by atomic mass is 10.1. The SMILES string of the molecule is C=C[C@H]1C[C@@H](n2c(=O)sc3c(Cl)nc(N=CN(C)C)nc32)[C@@H]2OC(C)(C)O[C@@H]21.C=C[C@H]1C[C@H](O)[C@@H]2OC(C)(C)O[C@@H]21.Cl.Nc1nc2c(sc(=O)n2[C@@H]2C[C@H](CO)[C@@H](O)[C@H]2O)c(=O)[nH]1. The quantitative estimate of drug-likeness (QED) is 0.0672. The Hall–Kier alpha value is -3.65. The van der Waals surface area contributed by atoms with Crippen LogP contribution in [0.4, 0.5) is 11.9 Å². The number of nitrogens with two attached hydrogens (primary N) is 1. The number of aliphatic hydroxyl groups is 4. The van der Waals surface area contributed by atoms with Crippen molar-refractivity contribution in [3.63, 3.8) is 0 Å². The summed E-state index contributed by atoms with van der Waals surface area (Å²) < 4.78 is 27.0. The number of H-pyrrole nitrogens is 1. The zero-order valence-corrected chi connectivity index (χ0v) is 38.6. The predicted octanol–water partition coefficient (Wildman–Crippen LogP) is 2.49. The maximum atomic E-state index is 12.9. The van der Waals surface area contributed by atoms with E-state index in [-0.39, 0.29) is 100.0 Å². The molecule has 7 N–H and O–H groups in total. The zero-order valence-electron chi connectivity index (χ0n) is 35.4. The highest BCUT2D eigenvalue weighted by Gasteiger charge is 2.55. The summed E-state index contributed by atoms with van der Waals surface area (Å²) in [4.78, 5) is 57.1. The maximum absolute atomic E-state index is 12.9. The lowest BCUT2D eigenvalue weighted by Gasteiger charge is -2.23. The van der Waals surface area contributed by atoms with Crippen LogP contribution >= 0.6 is 46.7 Å². The molecule has 4 aromatic rings. The molecule has 3 aliphatic carbocycles. The van der Waals surface area contributed by atoms with Crippen LogP contribution in [0, 0.1) is 17.8 Å². The summed E-state index contributed by atoms with van der Waals surface area (Å²) in [7, 11) is 3.69. The number of nitrogen functional groups attached to an aromatic ring is 1. The van der Waals surface area contributed by atoms with Crippen LogP contribution < -0.4 is 21.0 Å². The molecule has 9 rings (SSSR count). The monoisotopic (exact) mass is 957 g/mol. The second-order valence-electron chi connectivity index (χ2n) is 17.0. The normalized spacial score (nSPS) is 32.4. The van der Waals surface area contributed by atoms with Gasteiger partial charge in [-0.2, -0.15) is 15.0 Å². The molecule has 0 aromatic carbocycles. The third-order valence-electron chi connectivity index (χ3n) is 11.5. The lowest BCUT2D eigenvalue weighted by Crippen LogP contribution is -2.33. The fraction of sp³-hybridized carbons (Fsp3) is 0.615. The smallest absolute Gasteiger partial charge is 0.309 e. The van der Waals surface area contributed by atoms with Crippen molar-refractivity contribution < 1.29 is 39.4 Å². The highest BCUT2D eigenvalue weighted by Crippen LogP contribution is 2.48. The van der Waals surface area contributed by atoms with E-state index in [0.29, 0.717) is 34.5 Å². The number of nitrogens with zero attached hydrogens (tertiary/aromatic N) is 7. The molecule has 63 heavy (non-hydrogen) atoms. The van der Waals surface area contributed by atoms with Gasteiger partial charge < -0.3 is 50.0 Å². The maximum Gasteiger partial charge on any atom is 0.309 e. The number of halogens is 2. The van der Waals surface area contributed by atoms with Crippen molar-refractivity contribution in [2.24, 2.45) is 22.7 Å². The molecular formula is C39H53Cl2N9O11S2. The molecule has 346 valence electrons. The number of ether oxygens (including phenoxy) is 4. The van der Waals surface area contributed by atoms with Gasteiger partial charge in [-0.05, 0) is 47.0 Å². The van der Waals surface area contributed by atoms with Crippen LogP contribution in [0.5, 0.6) is 0 Å². The van der Waals surface area contributed by atoms with Crippen molar-refractivity contribution in [1.82, 2.24) is 34.0 Å². The molecule has 12 atom stereocenters. The number of hydrogen-bond donors (Lipinski definition) is 6. The minimum atomic E-state index is -1.22. The molecule has 24 heteroatoms. The Morgan fingerprint density at radius 3 is 1.97 bits per heavy atom. The summed E-state index contributed by atoms with van der Waals surface area (Å²) in [6.45, 7) is 14.9. The summed E-state index contributed by atoms with van der Waals surface area (Å²) in [5.74, 6) is -1.42. The van der Waals surface area contributed by atoms with Gasteiger partial charge in [0.15, 0.2) is 28.0 Å². The van der Waals surface area contributed by atoms with E-state index in [9.17, 15) is 34.8 Å². The number of fused-ring (bicyclic) bond motifs is 4. The Bertz CT molecular complexity index is 2540. The Morgan fingerprint density at radius 1 is 0.841 bits per heavy atom. The Labute approximate surface area is 380 Å². The van der Waals surface area contributed by atoms with Gasteiger partial charge in [0.1, 0.15) is 27.7 Å². The number of aromatic nitrogens is 6. The number of hydrogen-bond acceptors (Lipinski definition) is 18. The Balaban J connectivity index is 0.000000166. The number of aliphatic hydroxyl groups excluding tert-OH is 4. The zero-order chi connectivity index (χ0) is 45.2. The van der Waals surface area contributed by atoms with Gasteiger partial charge in [-0.15, -0.1) is 25.6 Å². The largest absolute Gasteiger partial charge is 0.396 e. The molecule has 0 amide bonds. The van der Waals surface area contributed by atoms with Crippen molar-refractivity contribution in [2.75, 3.05) is 26.4 Å². The van der Waals surface area contributed by atoms with Gasteiger partial charge in [0.05, 0.1) is 42.8 Å². The topological polar surface area (TPSA) is 275 Å². The average Bonchev–Trinajstić information content (AvgIpc) is 4.05. The second kappa shape index (κ2) is 18.7. The van der Waals surface area contributed by atoms with Crippen LogP contribution in [0.2, 0.25) is 5.15 Å².